The predicted octanol–water partition coefficient (Wildman–Crippen LogP) is 10.3. The number of ether oxygens (including phenoxy) is 4. The molecule has 12 heteroatoms. The van der Waals surface area contributed by atoms with E-state index in [-0.39, 0.29) is 31.8 Å². The molecule has 0 aliphatic heterocycles. The normalized spacial score (nSPS) is 22.5. The van der Waals surface area contributed by atoms with E-state index < -0.39 is 30.2 Å². The van der Waals surface area contributed by atoms with Crippen LogP contribution < -0.4 is 0 Å². The van der Waals surface area contributed by atoms with E-state index in [1.165, 1.54) is 38.5 Å². The molecule has 0 saturated heterocycles. The van der Waals surface area contributed by atoms with Crippen LogP contribution in [-0.4, -0.2) is 109 Å². The molecule has 0 aromatic carbocycles. The van der Waals surface area contributed by atoms with Crippen molar-refractivity contribution in [1.29, 1.82) is 0 Å². The van der Waals surface area contributed by atoms with Crippen LogP contribution in [0.15, 0.2) is 0 Å². The quantitative estimate of drug-likeness (QED) is 0.0469. The summed E-state index contributed by atoms with van der Waals surface area (Å²) in [5.74, 6) is 0.508. The van der Waals surface area contributed by atoms with Gasteiger partial charge in [-0.3, -0.25) is 14.5 Å². The number of carboxylic acids is 2. The van der Waals surface area contributed by atoms with Gasteiger partial charge in [0, 0.05) is 32.6 Å². The maximum atomic E-state index is 13.1. The number of aliphatic carboxylic acids is 2. The molecule has 4 aliphatic rings. The molecule has 3 unspecified atom stereocenters. The Labute approximate surface area is 350 Å². The van der Waals surface area contributed by atoms with Gasteiger partial charge in [0.15, 0.2) is 0 Å². The van der Waals surface area contributed by atoms with Crippen LogP contribution in [0.3, 0.4) is 0 Å². The predicted molar refractivity (Wildman–Crippen MR) is 226 cm³/mol. The van der Waals surface area contributed by atoms with E-state index in [0.29, 0.717) is 70.0 Å². The van der Waals surface area contributed by atoms with Crippen molar-refractivity contribution in [1.82, 2.24) is 9.80 Å². The lowest BCUT2D eigenvalue weighted by Gasteiger charge is -2.57. The lowest BCUT2D eigenvalue weighted by molar-refractivity contribution is -0.143. The lowest BCUT2D eigenvalue weighted by atomic mass is 9.48. The Morgan fingerprint density at radius 3 is 1.53 bits per heavy atom. The highest BCUT2D eigenvalue weighted by atomic mass is 16.7. The Hall–Kier alpha value is -2.60. The van der Waals surface area contributed by atoms with Gasteiger partial charge in [0.1, 0.15) is 25.4 Å². The second-order valence-corrected chi connectivity index (χ2v) is 18.1. The third-order valence-corrected chi connectivity index (χ3v) is 13.5. The van der Waals surface area contributed by atoms with Crippen LogP contribution >= 0.6 is 0 Å². The van der Waals surface area contributed by atoms with Gasteiger partial charge < -0.3 is 34.1 Å². The van der Waals surface area contributed by atoms with Gasteiger partial charge in [-0.1, -0.05) is 66.2 Å². The fourth-order valence-electron chi connectivity index (χ4n) is 10.5. The summed E-state index contributed by atoms with van der Waals surface area (Å²) < 4.78 is 22.6. The summed E-state index contributed by atoms with van der Waals surface area (Å²) in [6.45, 7) is 12.9. The third kappa shape index (κ3) is 19.6. The fourth-order valence-corrected chi connectivity index (χ4v) is 10.5. The van der Waals surface area contributed by atoms with E-state index in [2.05, 4.69) is 37.5 Å². The SMILES string of the molecule is CCCCCCC(CCCC(=O)O)OC(=O)OCCN(CCOC(=O)OC(CCCCCC)CCC(CCC12CC3CC(CC(C3)C1)C2)C(=O)O)CCN(CC)CC. The van der Waals surface area contributed by atoms with Crippen molar-refractivity contribution < 1.29 is 48.3 Å². The molecular formula is C46H82N2O10. The lowest BCUT2D eigenvalue weighted by Crippen LogP contribution is -2.46. The minimum atomic E-state index is -0.863. The van der Waals surface area contributed by atoms with E-state index in [4.69, 9.17) is 24.1 Å². The van der Waals surface area contributed by atoms with Gasteiger partial charge in [0.2, 0.25) is 0 Å². The van der Waals surface area contributed by atoms with Crippen molar-refractivity contribution in [3.05, 3.63) is 0 Å². The zero-order chi connectivity index (χ0) is 42.2. The number of unbranched alkanes of at least 4 members (excludes halogenated alkanes) is 6. The molecule has 58 heavy (non-hydrogen) atoms. The highest BCUT2D eigenvalue weighted by Gasteiger charge is 2.50. The van der Waals surface area contributed by atoms with Gasteiger partial charge in [-0.05, 0) is 139 Å². The molecule has 0 amide bonds. The number of carbonyl (C=O) groups excluding carboxylic acids is 2. The highest BCUT2D eigenvalue weighted by molar-refractivity contribution is 5.70. The molecule has 4 rings (SSSR count). The van der Waals surface area contributed by atoms with E-state index in [1.807, 2.05) is 0 Å². The van der Waals surface area contributed by atoms with E-state index in [1.54, 1.807) is 0 Å². The Morgan fingerprint density at radius 2 is 1.07 bits per heavy atom. The van der Waals surface area contributed by atoms with Crippen LogP contribution in [-0.2, 0) is 28.5 Å². The first kappa shape index (κ1) is 49.8. The molecule has 12 nitrogen and oxygen atoms in total. The van der Waals surface area contributed by atoms with Crippen LogP contribution in [0.5, 0.6) is 0 Å². The zero-order valence-corrected chi connectivity index (χ0v) is 36.9. The van der Waals surface area contributed by atoms with Crippen LogP contribution in [0.25, 0.3) is 0 Å². The first-order chi connectivity index (χ1) is 28.0. The molecule has 0 spiro atoms. The number of carbonyl (C=O) groups is 4. The number of rotatable bonds is 34. The first-order valence-corrected chi connectivity index (χ1v) is 23.5. The summed E-state index contributed by atoms with van der Waals surface area (Å²) in [6, 6.07) is 0. The summed E-state index contributed by atoms with van der Waals surface area (Å²) in [4.78, 5) is 53.7. The molecule has 0 aromatic heterocycles. The van der Waals surface area contributed by atoms with Crippen molar-refractivity contribution in [2.24, 2.45) is 29.1 Å². The van der Waals surface area contributed by atoms with E-state index in [0.717, 1.165) is 95.2 Å². The monoisotopic (exact) mass is 823 g/mol. The van der Waals surface area contributed by atoms with Gasteiger partial charge in [0.25, 0.3) is 0 Å². The molecule has 4 saturated carbocycles. The van der Waals surface area contributed by atoms with Gasteiger partial charge in [-0.2, -0.15) is 0 Å². The largest absolute Gasteiger partial charge is 0.508 e. The number of nitrogens with zero attached hydrogens (tertiary/aromatic N) is 2. The van der Waals surface area contributed by atoms with Crippen molar-refractivity contribution in [3.8, 4) is 0 Å². The summed E-state index contributed by atoms with van der Waals surface area (Å²) in [7, 11) is 0. The van der Waals surface area contributed by atoms with Gasteiger partial charge in [0.05, 0.1) is 5.92 Å². The molecule has 336 valence electrons. The van der Waals surface area contributed by atoms with Crippen LogP contribution in [0.1, 0.15) is 175 Å². The van der Waals surface area contributed by atoms with Crippen molar-refractivity contribution in [2.45, 2.75) is 188 Å². The zero-order valence-electron chi connectivity index (χ0n) is 36.9. The Balaban J connectivity index is 1.48. The minimum Gasteiger partial charge on any atom is -0.481 e. The van der Waals surface area contributed by atoms with Gasteiger partial charge >= 0.3 is 24.2 Å². The molecular weight excluding hydrogens is 741 g/mol. The third-order valence-electron chi connectivity index (χ3n) is 13.5. The molecule has 0 radical (unpaired) electrons. The number of hydrogen-bond acceptors (Lipinski definition) is 10. The van der Waals surface area contributed by atoms with Crippen molar-refractivity contribution >= 4 is 24.2 Å². The Morgan fingerprint density at radius 1 is 0.586 bits per heavy atom. The molecule has 2 N–H and O–H groups in total. The summed E-state index contributed by atoms with van der Waals surface area (Å²) in [6.07, 6.45) is 19.1. The Kier molecular flexibility index (Phi) is 24.0. The second-order valence-electron chi connectivity index (χ2n) is 18.1. The number of carboxylic acid groups (broad SMARTS) is 2. The molecule has 3 atom stereocenters. The second kappa shape index (κ2) is 28.0. The summed E-state index contributed by atoms with van der Waals surface area (Å²) in [5.41, 5.74) is 0.345. The van der Waals surface area contributed by atoms with E-state index >= 15 is 0 Å². The molecule has 4 fully saturated rings. The number of hydrogen-bond donors (Lipinski definition) is 2. The van der Waals surface area contributed by atoms with Gasteiger partial charge in [-0.25, -0.2) is 9.59 Å². The fraction of sp³-hybridized carbons (Fsp3) is 0.913. The van der Waals surface area contributed by atoms with Crippen molar-refractivity contribution in [2.75, 3.05) is 52.5 Å². The average Bonchev–Trinajstić information content (AvgIpc) is 3.17. The standard InChI is InChI=1S/C46H82N2O10/c1-5-9-11-13-16-40(18-15-19-42(49)50)57-44(53)55-28-26-48(25-24-47(7-3)8-4)27-29-56-45(54)58-41(17-14-12-10-6-2)21-20-39(43(51)52)22-23-46-33-36-30-37(34-46)32-38(31-36)35-46/h36-41H,5-35H2,1-4H3,(H,49,50)(H,51,52). The summed E-state index contributed by atoms with van der Waals surface area (Å²) in [5, 5.41) is 19.3. The van der Waals surface area contributed by atoms with Gasteiger partial charge in [-0.15, -0.1) is 0 Å². The van der Waals surface area contributed by atoms with Crippen LogP contribution in [0.4, 0.5) is 9.59 Å². The minimum absolute atomic E-state index is 0.0349. The highest BCUT2D eigenvalue weighted by Crippen LogP contribution is 2.61. The van der Waals surface area contributed by atoms with Crippen LogP contribution in [0.2, 0.25) is 0 Å². The average molecular weight is 823 g/mol. The molecule has 0 heterocycles. The maximum absolute atomic E-state index is 13.1. The molecule has 0 aromatic rings. The maximum Gasteiger partial charge on any atom is 0.508 e. The summed E-state index contributed by atoms with van der Waals surface area (Å²) >= 11 is 0. The topological polar surface area (TPSA) is 152 Å². The smallest absolute Gasteiger partial charge is 0.481 e. The van der Waals surface area contributed by atoms with Crippen molar-refractivity contribution in [3.63, 3.8) is 0 Å². The first-order valence-electron chi connectivity index (χ1n) is 23.5. The Bertz CT molecular complexity index is 1140. The molecule has 4 aliphatic carbocycles. The number of likely N-dealkylation sites (N-methyl/N-ethyl adjacent to an activating group) is 1. The molecule has 4 bridgehead atoms. The van der Waals surface area contributed by atoms with Crippen LogP contribution in [0, 0.1) is 29.1 Å². The van der Waals surface area contributed by atoms with E-state index in [9.17, 15) is 24.3 Å².